The number of benzene rings is 1. The number of aryl methyl sites for hydroxylation is 1. The molecule has 0 saturated heterocycles. The van der Waals surface area contributed by atoms with Crippen LogP contribution in [0.5, 0.6) is 0 Å². The fraction of sp³-hybridized carbons (Fsp3) is 0.440. The average Bonchev–Trinajstić information content (AvgIpc) is 3.52. The molecule has 0 spiro atoms. The van der Waals surface area contributed by atoms with Crippen LogP contribution in [-0.4, -0.2) is 40.2 Å². The monoisotopic (exact) mass is 482 g/mol. The molecular weight excluding hydrogens is 452 g/mol. The Hall–Kier alpha value is -3.20. The number of nitrogens with one attached hydrogen (secondary N) is 2. The van der Waals surface area contributed by atoms with Crippen molar-refractivity contribution in [1.29, 1.82) is 0 Å². The molecule has 2 aromatic heterocycles. The van der Waals surface area contributed by atoms with E-state index < -0.39 is 18.5 Å². The van der Waals surface area contributed by atoms with E-state index in [0.717, 1.165) is 48.1 Å². The van der Waals surface area contributed by atoms with Gasteiger partial charge in [-0.1, -0.05) is 38.8 Å². The van der Waals surface area contributed by atoms with Gasteiger partial charge in [-0.2, -0.15) is 5.10 Å². The quantitative estimate of drug-likeness (QED) is 0.459. The van der Waals surface area contributed by atoms with Crippen LogP contribution in [0.1, 0.15) is 65.3 Å². The van der Waals surface area contributed by atoms with Crippen LogP contribution in [0, 0.1) is 12.8 Å². The Morgan fingerprint density at radius 1 is 1.21 bits per heavy atom. The van der Waals surface area contributed by atoms with Crippen molar-refractivity contribution in [2.24, 2.45) is 5.92 Å². The van der Waals surface area contributed by atoms with Crippen molar-refractivity contribution in [3.05, 3.63) is 46.5 Å². The zero-order valence-electron chi connectivity index (χ0n) is 19.7. The van der Waals surface area contributed by atoms with Gasteiger partial charge in [0.2, 0.25) is 0 Å². The lowest BCUT2D eigenvalue weighted by Crippen LogP contribution is -2.33. The Labute approximate surface area is 202 Å². The molecule has 0 aliphatic heterocycles. The summed E-state index contributed by atoms with van der Waals surface area (Å²) < 4.78 is 7.17. The van der Waals surface area contributed by atoms with Crippen LogP contribution >= 0.6 is 11.3 Å². The van der Waals surface area contributed by atoms with Crippen LogP contribution in [-0.2, 0) is 16.1 Å². The second kappa shape index (κ2) is 10.4. The minimum Gasteiger partial charge on any atom is -0.451 e. The predicted molar refractivity (Wildman–Crippen MR) is 132 cm³/mol. The van der Waals surface area contributed by atoms with E-state index in [1.807, 2.05) is 11.6 Å². The van der Waals surface area contributed by atoms with Gasteiger partial charge in [-0.3, -0.25) is 14.3 Å². The SMILES string of the molecule is Cc1nn(CC(C)C)c2sc(C(=O)OCC(=O)Nc3ccccc3C(=O)NC3CCCC3)cc12. The second-order valence-corrected chi connectivity index (χ2v) is 10.1. The number of nitrogens with zero attached hydrogens (tertiary/aromatic N) is 2. The van der Waals surface area contributed by atoms with Gasteiger partial charge < -0.3 is 15.4 Å². The first-order chi connectivity index (χ1) is 16.3. The molecule has 1 aliphatic carbocycles. The fourth-order valence-electron chi connectivity index (χ4n) is 4.19. The summed E-state index contributed by atoms with van der Waals surface area (Å²) in [5.74, 6) is -0.848. The Kier molecular flexibility index (Phi) is 7.31. The molecule has 4 rings (SSSR count). The van der Waals surface area contributed by atoms with Crippen LogP contribution < -0.4 is 10.6 Å². The number of aromatic nitrogens is 2. The Morgan fingerprint density at radius 2 is 1.94 bits per heavy atom. The number of hydrogen-bond donors (Lipinski definition) is 2. The van der Waals surface area contributed by atoms with Gasteiger partial charge in [-0.15, -0.1) is 11.3 Å². The molecule has 1 aliphatic rings. The van der Waals surface area contributed by atoms with Crippen molar-refractivity contribution in [3.8, 4) is 0 Å². The molecule has 0 bridgehead atoms. The van der Waals surface area contributed by atoms with E-state index >= 15 is 0 Å². The highest BCUT2D eigenvalue weighted by atomic mass is 32.1. The number of rotatable bonds is 8. The fourth-order valence-corrected chi connectivity index (χ4v) is 5.26. The van der Waals surface area contributed by atoms with Crippen molar-refractivity contribution in [2.75, 3.05) is 11.9 Å². The molecule has 9 heteroatoms. The Balaban J connectivity index is 1.37. The van der Waals surface area contributed by atoms with E-state index in [1.165, 1.54) is 11.3 Å². The van der Waals surface area contributed by atoms with Crippen molar-refractivity contribution in [3.63, 3.8) is 0 Å². The van der Waals surface area contributed by atoms with Crippen LogP contribution in [0.25, 0.3) is 10.2 Å². The lowest BCUT2D eigenvalue weighted by atomic mass is 10.1. The predicted octanol–water partition coefficient (Wildman–Crippen LogP) is 4.53. The summed E-state index contributed by atoms with van der Waals surface area (Å²) >= 11 is 1.31. The minimum atomic E-state index is -0.556. The summed E-state index contributed by atoms with van der Waals surface area (Å²) in [6.07, 6.45) is 4.18. The average molecular weight is 483 g/mol. The third-order valence-corrected chi connectivity index (χ3v) is 6.95. The first kappa shape index (κ1) is 23.9. The smallest absolute Gasteiger partial charge is 0.348 e. The van der Waals surface area contributed by atoms with Crippen LogP contribution in [0.3, 0.4) is 0 Å². The zero-order valence-corrected chi connectivity index (χ0v) is 20.5. The third kappa shape index (κ3) is 5.47. The molecule has 34 heavy (non-hydrogen) atoms. The highest BCUT2D eigenvalue weighted by Crippen LogP contribution is 2.29. The number of thiophene rings is 1. The normalized spacial score (nSPS) is 14.0. The number of para-hydroxylation sites is 1. The van der Waals surface area contributed by atoms with Gasteiger partial charge in [0.1, 0.15) is 9.71 Å². The number of amides is 2. The van der Waals surface area contributed by atoms with E-state index in [-0.39, 0.29) is 11.9 Å². The van der Waals surface area contributed by atoms with Crippen LogP contribution in [0.4, 0.5) is 5.69 Å². The number of ether oxygens (including phenoxy) is 1. The standard InChI is InChI=1S/C25H30N4O4S/c1-15(2)13-29-24-19(16(3)28-29)12-21(34-24)25(32)33-14-22(30)27-20-11-7-6-10-18(20)23(31)26-17-8-4-5-9-17/h6-7,10-12,15,17H,4-5,8-9,13-14H2,1-3H3,(H,26,31)(H,27,30). The van der Waals surface area contributed by atoms with Crippen LogP contribution in [0.15, 0.2) is 30.3 Å². The summed E-state index contributed by atoms with van der Waals surface area (Å²) in [6.45, 7) is 6.45. The molecule has 2 heterocycles. The van der Waals surface area contributed by atoms with Crippen molar-refractivity contribution in [1.82, 2.24) is 15.1 Å². The summed E-state index contributed by atoms with van der Waals surface area (Å²) in [5, 5.41) is 11.2. The summed E-state index contributed by atoms with van der Waals surface area (Å²) in [4.78, 5) is 39.1. The number of carbonyl (C=O) groups is 3. The summed E-state index contributed by atoms with van der Waals surface area (Å²) in [6, 6.07) is 8.78. The number of esters is 1. The molecule has 180 valence electrons. The van der Waals surface area contributed by atoms with Gasteiger partial charge in [0.25, 0.3) is 11.8 Å². The maximum atomic E-state index is 12.7. The number of carbonyl (C=O) groups excluding carboxylic acids is 3. The molecule has 0 atom stereocenters. The zero-order chi connectivity index (χ0) is 24.2. The van der Waals surface area contributed by atoms with Gasteiger partial charge in [-0.05, 0) is 43.9 Å². The largest absolute Gasteiger partial charge is 0.451 e. The van der Waals surface area contributed by atoms with Crippen molar-refractivity contribution in [2.45, 2.75) is 59.0 Å². The van der Waals surface area contributed by atoms with E-state index in [0.29, 0.717) is 22.0 Å². The molecular formula is C25H30N4O4S. The first-order valence-corrected chi connectivity index (χ1v) is 12.5. The number of anilines is 1. The molecule has 8 nitrogen and oxygen atoms in total. The third-order valence-electron chi connectivity index (χ3n) is 5.82. The van der Waals surface area contributed by atoms with Crippen molar-refractivity contribution < 1.29 is 19.1 Å². The molecule has 1 saturated carbocycles. The molecule has 3 aromatic rings. The molecule has 2 amide bonds. The van der Waals surface area contributed by atoms with Gasteiger partial charge in [0.05, 0.1) is 16.9 Å². The topological polar surface area (TPSA) is 102 Å². The van der Waals surface area contributed by atoms with Gasteiger partial charge in [0, 0.05) is 18.0 Å². The molecule has 1 fully saturated rings. The number of fused-ring (bicyclic) bond motifs is 1. The maximum Gasteiger partial charge on any atom is 0.348 e. The van der Waals surface area contributed by atoms with E-state index in [4.69, 9.17) is 4.74 Å². The molecule has 0 unspecified atom stereocenters. The second-order valence-electron chi connectivity index (χ2n) is 9.12. The van der Waals surface area contributed by atoms with E-state index in [9.17, 15) is 14.4 Å². The van der Waals surface area contributed by atoms with E-state index in [2.05, 4.69) is 29.6 Å². The van der Waals surface area contributed by atoms with Crippen LogP contribution in [0.2, 0.25) is 0 Å². The Morgan fingerprint density at radius 3 is 2.68 bits per heavy atom. The highest BCUT2D eigenvalue weighted by molar-refractivity contribution is 7.20. The first-order valence-electron chi connectivity index (χ1n) is 11.7. The van der Waals surface area contributed by atoms with Gasteiger partial charge >= 0.3 is 5.97 Å². The highest BCUT2D eigenvalue weighted by Gasteiger charge is 2.21. The Bertz CT molecular complexity index is 1210. The van der Waals surface area contributed by atoms with Gasteiger partial charge in [0.15, 0.2) is 6.61 Å². The summed E-state index contributed by atoms with van der Waals surface area (Å²) in [7, 11) is 0. The van der Waals surface area contributed by atoms with Crippen molar-refractivity contribution >= 4 is 45.0 Å². The molecule has 0 radical (unpaired) electrons. The minimum absolute atomic E-state index is 0.176. The lowest BCUT2D eigenvalue weighted by molar-refractivity contribution is -0.119. The van der Waals surface area contributed by atoms with Gasteiger partial charge in [-0.25, -0.2) is 4.79 Å². The molecule has 1 aromatic carbocycles. The maximum absolute atomic E-state index is 12.7. The number of hydrogen-bond acceptors (Lipinski definition) is 6. The molecule has 2 N–H and O–H groups in total. The van der Waals surface area contributed by atoms with E-state index in [1.54, 1.807) is 30.3 Å². The lowest BCUT2D eigenvalue weighted by Gasteiger charge is -2.15. The summed E-state index contributed by atoms with van der Waals surface area (Å²) in [5.41, 5.74) is 1.64.